The summed E-state index contributed by atoms with van der Waals surface area (Å²) in [5.74, 6) is -0.860. The summed E-state index contributed by atoms with van der Waals surface area (Å²) in [6.07, 6.45) is -0.719. The van der Waals surface area contributed by atoms with Gasteiger partial charge in [0.05, 0.1) is 26.5 Å². The Labute approximate surface area is 192 Å². The summed E-state index contributed by atoms with van der Waals surface area (Å²) < 4.78 is 15.3. The van der Waals surface area contributed by atoms with Crippen LogP contribution in [0.25, 0.3) is 20.8 Å². The molecule has 4 aromatic rings. The predicted octanol–water partition coefficient (Wildman–Crippen LogP) is 6.20. The highest BCUT2D eigenvalue weighted by Gasteiger charge is 2.31. The number of thiazole rings is 1. The molecule has 1 N–H and O–H groups in total. The Balaban J connectivity index is 1.26. The third-order valence-electron chi connectivity index (χ3n) is 5.16. The van der Waals surface area contributed by atoms with E-state index in [0.29, 0.717) is 11.4 Å². The second-order valence-electron chi connectivity index (χ2n) is 7.49. The van der Waals surface area contributed by atoms with Gasteiger partial charge < -0.3 is 10.2 Å². The highest BCUT2D eigenvalue weighted by Crippen LogP contribution is 2.31. The third-order valence-corrected chi connectivity index (χ3v) is 6.54. The smallest absolute Gasteiger partial charge is 0.268 e. The zero-order valence-electron chi connectivity index (χ0n) is 16.9. The maximum atomic E-state index is 14.1. The van der Waals surface area contributed by atoms with Gasteiger partial charge in [0.1, 0.15) is 10.8 Å². The first-order valence-corrected chi connectivity index (χ1v) is 11.1. The quantitative estimate of drug-likeness (QED) is 0.390. The van der Waals surface area contributed by atoms with Crippen molar-refractivity contribution >= 4 is 50.5 Å². The van der Waals surface area contributed by atoms with Crippen molar-refractivity contribution in [1.29, 1.82) is 0 Å². The first kappa shape index (κ1) is 20.6. The number of carbonyl (C=O) groups excluding carboxylic acids is 1. The number of benzene rings is 3. The van der Waals surface area contributed by atoms with Gasteiger partial charge in [0.2, 0.25) is 6.10 Å². The SMILES string of the molecule is Cc1ccc2nc(-c3ccc(NC(=O)C4CC(c5c(F)cccc5Cl)=NO4)cc3)sc2c1. The number of amides is 1. The Morgan fingerprint density at radius 3 is 2.78 bits per heavy atom. The van der Waals surface area contributed by atoms with Crippen LogP contribution < -0.4 is 5.32 Å². The molecular weight excluding hydrogens is 449 g/mol. The molecule has 0 saturated carbocycles. The minimum atomic E-state index is -0.854. The Morgan fingerprint density at radius 1 is 1.19 bits per heavy atom. The minimum Gasteiger partial charge on any atom is -0.382 e. The molecule has 1 aromatic heterocycles. The number of oxime groups is 1. The Hall–Kier alpha value is -3.29. The topological polar surface area (TPSA) is 63.6 Å². The molecule has 1 aliphatic heterocycles. The second kappa shape index (κ2) is 8.33. The number of nitrogens with one attached hydrogen (secondary N) is 1. The van der Waals surface area contributed by atoms with Crippen molar-refractivity contribution in [1.82, 2.24) is 4.98 Å². The molecule has 5 nitrogen and oxygen atoms in total. The number of rotatable bonds is 4. The van der Waals surface area contributed by atoms with Crippen LogP contribution in [0.4, 0.5) is 10.1 Å². The molecule has 0 bridgehead atoms. The van der Waals surface area contributed by atoms with Gasteiger partial charge in [0.15, 0.2) is 0 Å². The van der Waals surface area contributed by atoms with E-state index in [1.54, 1.807) is 17.4 Å². The molecule has 3 aromatic carbocycles. The second-order valence-corrected chi connectivity index (χ2v) is 8.93. The van der Waals surface area contributed by atoms with Crippen molar-refractivity contribution in [3.8, 4) is 10.6 Å². The van der Waals surface area contributed by atoms with Crippen molar-refractivity contribution in [3.63, 3.8) is 0 Å². The normalized spacial score (nSPS) is 15.5. The van der Waals surface area contributed by atoms with Gasteiger partial charge >= 0.3 is 0 Å². The summed E-state index contributed by atoms with van der Waals surface area (Å²) in [4.78, 5) is 22.5. The van der Waals surface area contributed by atoms with Gasteiger partial charge in [0, 0.05) is 17.7 Å². The molecule has 0 saturated heterocycles. The van der Waals surface area contributed by atoms with Crippen LogP contribution in [0, 0.1) is 12.7 Å². The summed E-state index contributed by atoms with van der Waals surface area (Å²) in [6.45, 7) is 2.06. The van der Waals surface area contributed by atoms with Crippen molar-refractivity contribution in [2.45, 2.75) is 19.4 Å². The lowest BCUT2D eigenvalue weighted by atomic mass is 10.0. The molecule has 0 radical (unpaired) electrons. The average molecular weight is 466 g/mol. The average Bonchev–Trinajstić information content (AvgIpc) is 3.41. The van der Waals surface area contributed by atoms with E-state index < -0.39 is 11.9 Å². The summed E-state index contributed by atoms with van der Waals surface area (Å²) in [5, 5.41) is 7.84. The molecule has 0 fully saturated rings. The molecule has 0 aliphatic carbocycles. The maximum Gasteiger partial charge on any atom is 0.268 e. The fourth-order valence-electron chi connectivity index (χ4n) is 3.51. The van der Waals surface area contributed by atoms with E-state index in [-0.39, 0.29) is 22.9 Å². The van der Waals surface area contributed by atoms with Crippen molar-refractivity contribution in [2.24, 2.45) is 5.16 Å². The first-order chi connectivity index (χ1) is 15.5. The van der Waals surface area contributed by atoms with Crippen LogP contribution in [-0.4, -0.2) is 22.7 Å². The Morgan fingerprint density at radius 2 is 2.00 bits per heavy atom. The lowest BCUT2D eigenvalue weighted by molar-refractivity contribution is -0.125. The zero-order valence-corrected chi connectivity index (χ0v) is 18.5. The van der Waals surface area contributed by atoms with Crippen LogP contribution in [-0.2, 0) is 9.63 Å². The molecule has 1 unspecified atom stereocenters. The number of aryl methyl sites for hydroxylation is 1. The number of halogens is 2. The summed E-state index contributed by atoms with van der Waals surface area (Å²) in [5.41, 5.74) is 4.24. The van der Waals surface area contributed by atoms with Crippen molar-refractivity contribution in [2.75, 3.05) is 5.32 Å². The maximum absolute atomic E-state index is 14.1. The van der Waals surface area contributed by atoms with Crippen molar-refractivity contribution in [3.05, 3.63) is 82.6 Å². The Bertz CT molecular complexity index is 1350. The van der Waals surface area contributed by atoms with Crippen LogP contribution in [0.3, 0.4) is 0 Å². The molecule has 1 aliphatic rings. The fourth-order valence-corrected chi connectivity index (χ4v) is 4.85. The molecule has 8 heteroatoms. The zero-order chi connectivity index (χ0) is 22.2. The summed E-state index contributed by atoms with van der Waals surface area (Å²) in [6, 6.07) is 18.0. The number of hydrogen-bond donors (Lipinski definition) is 1. The monoisotopic (exact) mass is 465 g/mol. The van der Waals surface area contributed by atoms with Gasteiger partial charge in [0.25, 0.3) is 5.91 Å². The summed E-state index contributed by atoms with van der Waals surface area (Å²) >= 11 is 7.71. The molecule has 0 spiro atoms. The van der Waals surface area contributed by atoms with Crippen LogP contribution in [0.5, 0.6) is 0 Å². The van der Waals surface area contributed by atoms with E-state index in [4.69, 9.17) is 16.4 Å². The van der Waals surface area contributed by atoms with E-state index in [1.807, 2.05) is 36.4 Å². The van der Waals surface area contributed by atoms with E-state index in [1.165, 1.54) is 17.7 Å². The molecule has 32 heavy (non-hydrogen) atoms. The molecule has 1 atom stereocenters. The number of carbonyl (C=O) groups is 1. The largest absolute Gasteiger partial charge is 0.382 e. The van der Waals surface area contributed by atoms with Crippen LogP contribution in [0.2, 0.25) is 5.02 Å². The van der Waals surface area contributed by atoms with Crippen molar-refractivity contribution < 1.29 is 14.0 Å². The molecule has 2 heterocycles. The Kier molecular flexibility index (Phi) is 5.36. The van der Waals surface area contributed by atoms with Gasteiger partial charge in [-0.2, -0.15) is 0 Å². The third kappa shape index (κ3) is 3.97. The van der Waals surface area contributed by atoms with Gasteiger partial charge in [-0.05, 0) is 61.0 Å². The number of aromatic nitrogens is 1. The van der Waals surface area contributed by atoms with Crippen LogP contribution >= 0.6 is 22.9 Å². The molecule has 5 rings (SSSR count). The van der Waals surface area contributed by atoms with E-state index >= 15 is 0 Å². The van der Waals surface area contributed by atoms with Crippen LogP contribution in [0.1, 0.15) is 17.5 Å². The van der Waals surface area contributed by atoms with Gasteiger partial charge in [-0.3, -0.25) is 4.79 Å². The molecule has 1 amide bonds. The lowest BCUT2D eigenvalue weighted by Gasteiger charge is -2.10. The minimum absolute atomic E-state index is 0.135. The van der Waals surface area contributed by atoms with E-state index in [9.17, 15) is 9.18 Å². The van der Waals surface area contributed by atoms with E-state index in [0.717, 1.165) is 20.8 Å². The molecular formula is C24H17ClFN3O2S. The lowest BCUT2D eigenvalue weighted by Crippen LogP contribution is -2.28. The highest BCUT2D eigenvalue weighted by atomic mass is 35.5. The number of fused-ring (bicyclic) bond motifs is 1. The number of nitrogens with zero attached hydrogens (tertiary/aromatic N) is 2. The molecule has 160 valence electrons. The predicted molar refractivity (Wildman–Crippen MR) is 126 cm³/mol. The standard InChI is InChI=1S/C24H17ClFN3O2S/c1-13-5-10-18-21(11-13)32-24(28-18)14-6-8-15(9-7-14)27-23(30)20-12-19(29-31-20)22-16(25)3-2-4-17(22)26/h2-11,20H,12H2,1H3,(H,27,30). The highest BCUT2D eigenvalue weighted by molar-refractivity contribution is 7.21. The van der Waals surface area contributed by atoms with Gasteiger partial charge in [-0.15, -0.1) is 11.3 Å². The van der Waals surface area contributed by atoms with Gasteiger partial charge in [-0.25, -0.2) is 9.37 Å². The van der Waals surface area contributed by atoms with Gasteiger partial charge in [-0.1, -0.05) is 28.9 Å². The number of hydrogen-bond acceptors (Lipinski definition) is 5. The van der Waals surface area contributed by atoms with E-state index in [2.05, 4.69) is 28.4 Å². The number of anilines is 1. The fraction of sp³-hybridized carbons (Fsp3) is 0.125. The summed E-state index contributed by atoms with van der Waals surface area (Å²) in [7, 11) is 0. The van der Waals surface area contributed by atoms with Crippen LogP contribution in [0.15, 0.2) is 65.8 Å². The first-order valence-electron chi connectivity index (χ1n) is 9.93.